The number of nitrogens with zero attached hydrogens (tertiary/aromatic N) is 3. The van der Waals surface area contributed by atoms with E-state index in [0.717, 1.165) is 5.75 Å². The lowest BCUT2D eigenvalue weighted by Gasteiger charge is -2.08. The molecule has 0 bridgehead atoms. The van der Waals surface area contributed by atoms with Crippen LogP contribution >= 0.6 is 23.6 Å². The smallest absolute Gasteiger partial charge is 0.273 e. The lowest BCUT2D eigenvalue weighted by molar-refractivity contribution is 0.296. The maximum absolute atomic E-state index is 12.5. The number of hydrogen-bond acceptors (Lipinski definition) is 5. The Morgan fingerprint density at radius 1 is 1.35 bits per heavy atom. The Labute approximate surface area is 142 Å². The summed E-state index contributed by atoms with van der Waals surface area (Å²) in [4.78, 5) is 16.9. The lowest BCUT2D eigenvalue weighted by atomic mass is 10.3. The van der Waals surface area contributed by atoms with Crippen LogP contribution in [0.1, 0.15) is 0 Å². The van der Waals surface area contributed by atoms with Crippen molar-refractivity contribution < 1.29 is 4.74 Å². The second-order valence-corrected chi connectivity index (χ2v) is 6.47. The Bertz CT molecular complexity index is 941. The van der Waals surface area contributed by atoms with Crippen LogP contribution in [0.4, 0.5) is 0 Å². The normalized spacial score (nSPS) is 10.8. The zero-order chi connectivity index (χ0) is 16.2. The summed E-state index contributed by atoms with van der Waals surface area (Å²) < 4.78 is 10.2. The maximum Gasteiger partial charge on any atom is 0.273 e. The summed E-state index contributed by atoms with van der Waals surface area (Å²) in [5.74, 6) is 0.780. The number of hydrogen-bond donors (Lipinski definition) is 0. The van der Waals surface area contributed by atoms with E-state index in [9.17, 15) is 4.79 Å². The minimum atomic E-state index is -0.0921. The molecule has 3 aromatic rings. The quantitative estimate of drug-likeness (QED) is 0.508. The molecule has 0 fully saturated rings. The zero-order valence-corrected chi connectivity index (χ0v) is 14.0. The van der Waals surface area contributed by atoms with Crippen LogP contribution in [0.2, 0.25) is 0 Å². The van der Waals surface area contributed by atoms with Crippen molar-refractivity contribution in [2.24, 2.45) is 0 Å². The average Bonchev–Trinajstić information content (AvgIpc) is 2.88. The number of thiazole rings is 1. The van der Waals surface area contributed by atoms with Crippen LogP contribution in [0.5, 0.6) is 5.75 Å². The van der Waals surface area contributed by atoms with Crippen molar-refractivity contribution in [2.45, 2.75) is 13.1 Å². The molecule has 118 valence electrons. The van der Waals surface area contributed by atoms with Crippen molar-refractivity contribution in [3.63, 3.8) is 0 Å². The number of aromatic nitrogens is 3. The first kappa shape index (κ1) is 15.6. The molecular formula is C16H15N3O2S2. The predicted molar refractivity (Wildman–Crippen MR) is 94.8 cm³/mol. The van der Waals surface area contributed by atoms with Gasteiger partial charge in [-0.3, -0.25) is 9.36 Å². The molecule has 0 radical (unpaired) electrons. The number of rotatable bonds is 6. The van der Waals surface area contributed by atoms with Gasteiger partial charge in [-0.15, -0.1) is 6.58 Å². The lowest BCUT2D eigenvalue weighted by Crippen LogP contribution is -2.23. The number of allylic oxidation sites excluding steroid dienone is 1. The van der Waals surface area contributed by atoms with E-state index in [0.29, 0.717) is 34.0 Å². The van der Waals surface area contributed by atoms with Gasteiger partial charge < -0.3 is 9.30 Å². The van der Waals surface area contributed by atoms with Crippen molar-refractivity contribution in [3.8, 4) is 5.75 Å². The Hall–Kier alpha value is -2.25. The van der Waals surface area contributed by atoms with Gasteiger partial charge in [-0.2, -0.15) is 0 Å². The van der Waals surface area contributed by atoms with E-state index in [1.165, 1.54) is 11.3 Å². The van der Waals surface area contributed by atoms with Crippen molar-refractivity contribution in [3.05, 3.63) is 63.6 Å². The molecule has 0 aliphatic rings. The number of ether oxygens (including phenoxy) is 1. The van der Waals surface area contributed by atoms with Gasteiger partial charge in [0.1, 0.15) is 23.4 Å². The van der Waals surface area contributed by atoms with E-state index in [2.05, 4.69) is 11.6 Å². The molecule has 0 aliphatic heterocycles. The molecule has 0 amide bonds. The third kappa shape index (κ3) is 3.25. The van der Waals surface area contributed by atoms with Crippen molar-refractivity contribution in [1.82, 2.24) is 14.1 Å². The second kappa shape index (κ2) is 6.89. The van der Waals surface area contributed by atoms with E-state index in [4.69, 9.17) is 17.0 Å². The maximum atomic E-state index is 12.5. The van der Waals surface area contributed by atoms with Crippen LogP contribution in [0.3, 0.4) is 0 Å². The van der Waals surface area contributed by atoms with E-state index in [-0.39, 0.29) is 5.56 Å². The first-order chi connectivity index (χ1) is 11.2. The average molecular weight is 345 g/mol. The molecule has 5 nitrogen and oxygen atoms in total. The number of fused-ring (bicyclic) bond motifs is 1. The molecule has 0 spiro atoms. The number of benzene rings is 1. The van der Waals surface area contributed by atoms with Crippen LogP contribution in [-0.2, 0) is 13.1 Å². The van der Waals surface area contributed by atoms with Crippen LogP contribution in [0, 0.1) is 3.95 Å². The standard InChI is InChI=1S/C16H15N3O2S2/c1-2-8-19-14-13(23-16(19)22)15(20)18(11-17-14)9-10-21-12-6-4-3-5-7-12/h2-7,11H,1,8-10H2. The molecule has 0 saturated carbocycles. The summed E-state index contributed by atoms with van der Waals surface area (Å²) in [6.07, 6.45) is 3.28. The van der Waals surface area contributed by atoms with Crippen LogP contribution in [0.15, 0.2) is 54.1 Å². The number of para-hydroxylation sites is 1. The third-order valence-corrected chi connectivity index (χ3v) is 4.73. The van der Waals surface area contributed by atoms with Gasteiger partial charge >= 0.3 is 0 Å². The molecule has 0 unspecified atom stereocenters. The third-order valence-electron chi connectivity index (χ3n) is 3.30. The molecule has 1 aromatic carbocycles. The summed E-state index contributed by atoms with van der Waals surface area (Å²) in [5, 5.41) is 0. The molecule has 0 N–H and O–H groups in total. The summed E-state index contributed by atoms with van der Waals surface area (Å²) in [6, 6.07) is 9.50. The second-order valence-electron chi connectivity index (χ2n) is 4.82. The minimum absolute atomic E-state index is 0.0921. The first-order valence-corrected chi connectivity index (χ1v) is 8.30. The van der Waals surface area contributed by atoms with Crippen LogP contribution < -0.4 is 10.3 Å². The Morgan fingerprint density at radius 2 is 2.13 bits per heavy atom. The van der Waals surface area contributed by atoms with E-state index < -0.39 is 0 Å². The fraction of sp³-hybridized carbons (Fsp3) is 0.188. The highest BCUT2D eigenvalue weighted by molar-refractivity contribution is 7.73. The fourth-order valence-corrected chi connectivity index (χ4v) is 3.52. The molecular weight excluding hydrogens is 330 g/mol. The SMILES string of the molecule is C=CCn1c(=S)sc2c(=O)n(CCOc3ccccc3)cnc21. The largest absolute Gasteiger partial charge is 0.492 e. The van der Waals surface area contributed by atoms with Crippen molar-refractivity contribution >= 4 is 33.9 Å². The Kier molecular flexibility index (Phi) is 4.68. The van der Waals surface area contributed by atoms with Crippen LogP contribution in [0.25, 0.3) is 10.3 Å². The van der Waals surface area contributed by atoms with Gasteiger partial charge in [0.05, 0.1) is 6.54 Å². The van der Waals surface area contributed by atoms with Gasteiger partial charge in [-0.05, 0) is 24.4 Å². The highest BCUT2D eigenvalue weighted by atomic mass is 32.1. The molecule has 2 heterocycles. The topological polar surface area (TPSA) is 49.0 Å². The van der Waals surface area contributed by atoms with Gasteiger partial charge in [0.15, 0.2) is 9.60 Å². The predicted octanol–water partition coefficient (Wildman–Crippen LogP) is 3.25. The molecule has 3 rings (SSSR count). The van der Waals surface area contributed by atoms with Gasteiger partial charge in [-0.1, -0.05) is 35.6 Å². The van der Waals surface area contributed by atoms with Gasteiger partial charge in [0.25, 0.3) is 5.56 Å². The summed E-state index contributed by atoms with van der Waals surface area (Å²) in [5.41, 5.74) is 0.524. The zero-order valence-electron chi connectivity index (χ0n) is 12.3. The molecule has 7 heteroatoms. The van der Waals surface area contributed by atoms with Gasteiger partial charge in [0, 0.05) is 6.54 Å². The fourth-order valence-electron chi connectivity index (χ4n) is 2.20. The minimum Gasteiger partial charge on any atom is -0.492 e. The van der Waals surface area contributed by atoms with Crippen molar-refractivity contribution in [1.29, 1.82) is 0 Å². The summed E-state index contributed by atoms with van der Waals surface area (Å²) in [7, 11) is 0. The summed E-state index contributed by atoms with van der Waals surface area (Å²) in [6.45, 7) is 5.08. The van der Waals surface area contributed by atoms with Gasteiger partial charge in [0.2, 0.25) is 0 Å². The first-order valence-electron chi connectivity index (χ1n) is 7.08. The highest BCUT2D eigenvalue weighted by Crippen LogP contribution is 2.17. The van der Waals surface area contributed by atoms with Gasteiger partial charge in [-0.25, -0.2) is 4.98 Å². The van der Waals surface area contributed by atoms with Crippen LogP contribution in [-0.4, -0.2) is 20.7 Å². The van der Waals surface area contributed by atoms with E-state index >= 15 is 0 Å². The summed E-state index contributed by atoms with van der Waals surface area (Å²) >= 11 is 6.58. The Balaban J connectivity index is 1.82. The van der Waals surface area contributed by atoms with E-state index in [1.807, 2.05) is 34.9 Å². The highest BCUT2D eigenvalue weighted by Gasteiger charge is 2.11. The molecule has 23 heavy (non-hydrogen) atoms. The molecule has 0 saturated heterocycles. The van der Waals surface area contributed by atoms with Crippen molar-refractivity contribution in [2.75, 3.05) is 6.61 Å². The monoisotopic (exact) mass is 345 g/mol. The molecule has 0 atom stereocenters. The Morgan fingerprint density at radius 3 is 2.87 bits per heavy atom. The van der Waals surface area contributed by atoms with E-state index in [1.54, 1.807) is 17.0 Å². The molecule has 2 aromatic heterocycles. The molecule has 0 aliphatic carbocycles.